The summed E-state index contributed by atoms with van der Waals surface area (Å²) in [5, 5.41) is 13.5. The number of aromatic hydroxyl groups is 1. The summed E-state index contributed by atoms with van der Waals surface area (Å²) in [7, 11) is 0. The van der Waals surface area contributed by atoms with Gasteiger partial charge in [0, 0.05) is 5.56 Å². The highest BCUT2D eigenvalue weighted by molar-refractivity contribution is 5.54. The Kier molecular flexibility index (Phi) is 3.69. The molecule has 2 aromatic carbocycles. The van der Waals surface area contributed by atoms with Crippen molar-refractivity contribution in [3.05, 3.63) is 65.5 Å². The zero-order valence-corrected chi connectivity index (χ0v) is 11.8. The van der Waals surface area contributed by atoms with E-state index in [-0.39, 0.29) is 5.75 Å². The van der Waals surface area contributed by atoms with E-state index in [1.807, 2.05) is 18.2 Å². The van der Waals surface area contributed by atoms with Crippen LogP contribution in [0.3, 0.4) is 0 Å². The molecule has 1 N–H and O–H groups in total. The minimum Gasteiger partial charge on any atom is -0.508 e. The Hall–Kier alpha value is -2.62. The van der Waals surface area contributed by atoms with E-state index in [1.54, 1.807) is 18.2 Å². The minimum atomic E-state index is 0.238. The van der Waals surface area contributed by atoms with Gasteiger partial charge in [0.1, 0.15) is 5.75 Å². The molecule has 1 aromatic heterocycles. The molecule has 1 heterocycles. The number of nitrogens with zero attached hydrogens (tertiary/aromatic N) is 2. The first kappa shape index (κ1) is 13.4. The molecule has 0 saturated heterocycles. The number of hydrogen-bond acceptors (Lipinski definition) is 4. The lowest BCUT2D eigenvalue weighted by Crippen LogP contribution is -1.88. The highest BCUT2D eigenvalue weighted by atomic mass is 16.5. The van der Waals surface area contributed by atoms with Crippen LogP contribution in [-0.2, 0) is 12.8 Å². The molecule has 0 atom stereocenters. The summed E-state index contributed by atoms with van der Waals surface area (Å²) in [5.74, 6) is 1.37. The summed E-state index contributed by atoms with van der Waals surface area (Å²) in [5.41, 5.74) is 3.16. The topological polar surface area (TPSA) is 59.2 Å². The van der Waals surface area contributed by atoms with Crippen molar-refractivity contribution in [3.8, 4) is 17.1 Å². The van der Waals surface area contributed by atoms with Crippen LogP contribution < -0.4 is 0 Å². The molecular weight excluding hydrogens is 264 g/mol. The monoisotopic (exact) mass is 280 g/mol. The molecule has 3 aromatic rings. The van der Waals surface area contributed by atoms with Crippen molar-refractivity contribution in [1.29, 1.82) is 0 Å². The molecule has 0 fully saturated rings. The van der Waals surface area contributed by atoms with Crippen LogP contribution in [-0.4, -0.2) is 15.2 Å². The average molecular weight is 280 g/mol. The highest BCUT2D eigenvalue weighted by Crippen LogP contribution is 2.19. The predicted molar refractivity (Wildman–Crippen MR) is 80.0 cm³/mol. The maximum atomic E-state index is 9.46. The quantitative estimate of drug-likeness (QED) is 0.793. The normalized spacial score (nSPS) is 10.7. The van der Waals surface area contributed by atoms with Gasteiger partial charge in [0.15, 0.2) is 0 Å². The zero-order valence-electron chi connectivity index (χ0n) is 11.8. The van der Waals surface area contributed by atoms with E-state index in [1.165, 1.54) is 5.56 Å². The van der Waals surface area contributed by atoms with Crippen LogP contribution in [0.25, 0.3) is 11.4 Å². The number of hydrogen-bond donors (Lipinski definition) is 1. The van der Waals surface area contributed by atoms with Gasteiger partial charge in [0.2, 0.25) is 11.7 Å². The average Bonchev–Trinajstić information content (AvgIpc) is 2.96. The fourth-order valence-electron chi connectivity index (χ4n) is 2.17. The number of phenols is 1. The molecule has 106 valence electrons. The summed E-state index contributed by atoms with van der Waals surface area (Å²) in [6, 6.07) is 15.2. The second-order valence-corrected chi connectivity index (χ2v) is 4.91. The van der Waals surface area contributed by atoms with Crippen molar-refractivity contribution in [2.75, 3.05) is 0 Å². The van der Waals surface area contributed by atoms with Gasteiger partial charge in [-0.05, 0) is 29.7 Å². The van der Waals surface area contributed by atoms with Crippen molar-refractivity contribution in [2.24, 2.45) is 0 Å². The SMILES string of the molecule is CCc1ccc(-c2noc(Cc3cccc(O)c3)n2)cc1. The van der Waals surface area contributed by atoms with Gasteiger partial charge in [-0.2, -0.15) is 4.98 Å². The van der Waals surface area contributed by atoms with Gasteiger partial charge < -0.3 is 9.63 Å². The van der Waals surface area contributed by atoms with Gasteiger partial charge in [-0.3, -0.25) is 0 Å². The van der Waals surface area contributed by atoms with Gasteiger partial charge in [0.05, 0.1) is 6.42 Å². The molecule has 0 amide bonds. The molecule has 0 aliphatic heterocycles. The van der Waals surface area contributed by atoms with E-state index in [4.69, 9.17) is 4.52 Å². The van der Waals surface area contributed by atoms with Gasteiger partial charge in [-0.1, -0.05) is 48.5 Å². The molecule has 4 heteroatoms. The lowest BCUT2D eigenvalue weighted by molar-refractivity contribution is 0.385. The highest BCUT2D eigenvalue weighted by Gasteiger charge is 2.09. The van der Waals surface area contributed by atoms with Gasteiger partial charge in [-0.15, -0.1) is 0 Å². The van der Waals surface area contributed by atoms with E-state index in [9.17, 15) is 5.11 Å². The Labute approximate surface area is 123 Å². The molecule has 4 nitrogen and oxygen atoms in total. The van der Waals surface area contributed by atoms with Crippen LogP contribution in [0.5, 0.6) is 5.75 Å². The Bertz CT molecular complexity index is 733. The van der Waals surface area contributed by atoms with Crippen molar-refractivity contribution >= 4 is 0 Å². The molecule has 3 rings (SSSR count). The first-order valence-corrected chi connectivity index (χ1v) is 6.94. The third kappa shape index (κ3) is 3.11. The number of phenolic OH excluding ortho intramolecular Hbond substituents is 1. The first-order valence-electron chi connectivity index (χ1n) is 6.94. The number of aryl methyl sites for hydroxylation is 1. The van der Waals surface area contributed by atoms with Crippen LogP contribution in [0.4, 0.5) is 0 Å². The van der Waals surface area contributed by atoms with Crippen LogP contribution in [0.15, 0.2) is 53.1 Å². The molecule has 0 spiro atoms. The molecule has 0 saturated carbocycles. The van der Waals surface area contributed by atoms with Crippen LogP contribution in [0.1, 0.15) is 23.9 Å². The summed E-state index contributed by atoms with van der Waals surface area (Å²) in [6.07, 6.45) is 1.52. The fourth-order valence-corrected chi connectivity index (χ4v) is 2.17. The summed E-state index contributed by atoms with van der Waals surface area (Å²) in [4.78, 5) is 4.40. The maximum Gasteiger partial charge on any atom is 0.231 e. The summed E-state index contributed by atoms with van der Waals surface area (Å²) in [6.45, 7) is 2.12. The Morgan fingerprint density at radius 2 is 1.86 bits per heavy atom. The predicted octanol–water partition coefficient (Wildman–Crippen LogP) is 3.60. The second kappa shape index (κ2) is 5.79. The van der Waals surface area contributed by atoms with Gasteiger partial charge in [0.25, 0.3) is 0 Å². The van der Waals surface area contributed by atoms with Crippen LogP contribution in [0.2, 0.25) is 0 Å². The van der Waals surface area contributed by atoms with Crippen LogP contribution >= 0.6 is 0 Å². The van der Waals surface area contributed by atoms with E-state index >= 15 is 0 Å². The minimum absolute atomic E-state index is 0.238. The molecule has 0 unspecified atom stereocenters. The van der Waals surface area contributed by atoms with Crippen LogP contribution in [0, 0.1) is 0 Å². The smallest absolute Gasteiger partial charge is 0.231 e. The van der Waals surface area contributed by atoms with Crippen molar-refractivity contribution in [1.82, 2.24) is 10.1 Å². The molecule has 21 heavy (non-hydrogen) atoms. The lowest BCUT2D eigenvalue weighted by atomic mass is 10.1. The largest absolute Gasteiger partial charge is 0.508 e. The van der Waals surface area contributed by atoms with Crippen molar-refractivity contribution < 1.29 is 9.63 Å². The molecule has 0 aliphatic carbocycles. The van der Waals surface area contributed by atoms with E-state index in [2.05, 4.69) is 29.2 Å². The summed E-state index contributed by atoms with van der Waals surface area (Å²) < 4.78 is 5.28. The Morgan fingerprint density at radius 3 is 2.57 bits per heavy atom. The number of benzene rings is 2. The number of rotatable bonds is 4. The second-order valence-electron chi connectivity index (χ2n) is 4.91. The zero-order chi connectivity index (χ0) is 14.7. The molecule has 0 bridgehead atoms. The maximum absolute atomic E-state index is 9.46. The standard InChI is InChI=1S/C17H16N2O2/c1-2-12-6-8-14(9-7-12)17-18-16(21-19-17)11-13-4-3-5-15(20)10-13/h3-10,20H,2,11H2,1H3. The van der Waals surface area contributed by atoms with Gasteiger partial charge >= 0.3 is 0 Å². The van der Waals surface area contributed by atoms with E-state index in [0.717, 1.165) is 17.5 Å². The fraction of sp³-hybridized carbons (Fsp3) is 0.176. The van der Waals surface area contributed by atoms with E-state index < -0.39 is 0 Å². The lowest BCUT2D eigenvalue weighted by Gasteiger charge is -1.98. The van der Waals surface area contributed by atoms with Crippen molar-refractivity contribution in [2.45, 2.75) is 19.8 Å². The first-order chi connectivity index (χ1) is 10.2. The third-order valence-corrected chi connectivity index (χ3v) is 3.35. The number of aromatic nitrogens is 2. The van der Waals surface area contributed by atoms with Gasteiger partial charge in [-0.25, -0.2) is 0 Å². The molecule has 0 radical (unpaired) electrons. The Balaban J connectivity index is 1.79. The summed E-state index contributed by atoms with van der Waals surface area (Å²) >= 11 is 0. The molecule has 0 aliphatic rings. The van der Waals surface area contributed by atoms with E-state index in [0.29, 0.717) is 18.1 Å². The molecular formula is C17H16N2O2. The third-order valence-electron chi connectivity index (χ3n) is 3.35. The van der Waals surface area contributed by atoms with Crippen molar-refractivity contribution in [3.63, 3.8) is 0 Å². The Morgan fingerprint density at radius 1 is 1.05 bits per heavy atom.